The molecule has 2 heterocycles. The molecule has 2 rings (SSSR count). The molecule has 100 valence electrons. The Morgan fingerprint density at radius 3 is 2.44 bits per heavy atom. The molecule has 0 radical (unpaired) electrons. The van der Waals surface area contributed by atoms with E-state index in [1.807, 2.05) is 0 Å². The molecule has 1 aromatic heterocycles. The van der Waals surface area contributed by atoms with Crippen LogP contribution in [0.2, 0.25) is 0 Å². The maximum Gasteiger partial charge on any atom is 0.277 e. The molecule has 1 amide bonds. The first-order valence-corrected chi connectivity index (χ1v) is 6.87. The zero-order valence-corrected chi connectivity index (χ0v) is 10.5. The zero-order valence-electron chi connectivity index (χ0n) is 9.64. The van der Waals surface area contributed by atoms with Crippen LogP contribution in [-0.2, 0) is 21.5 Å². The zero-order chi connectivity index (χ0) is 13.2. The van der Waals surface area contributed by atoms with Crippen molar-refractivity contribution in [2.45, 2.75) is 6.54 Å². The van der Waals surface area contributed by atoms with Crippen molar-refractivity contribution in [2.24, 2.45) is 5.14 Å². The Hall–Kier alpha value is -1.52. The molecular weight excluding hydrogens is 260 g/mol. The lowest BCUT2D eigenvalue weighted by atomic mass is 10.3. The molecule has 10 heteroatoms. The Bertz CT molecular complexity index is 505. The van der Waals surface area contributed by atoms with E-state index in [4.69, 9.17) is 5.14 Å². The Morgan fingerprint density at radius 2 is 1.94 bits per heavy atom. The second-order valence-electron chi connectivity index (χ2n) is 3.93. The van der Waals surface area contributed by atoms with Gasteiger partial charge in [0, 0.05) is 32.4 Å². The van der Waals surface area contributed by atoms with E-state index in [2.05, 4.69) is 10.3 Å². The molecule has 0 aliphatic carbocycles. The largest absolute Gasteiger partial charge is 0.338 e. The summed E-state index contributed by atoms with van der Waals surface area (Å²) in [6.07, 6.45) is 3.09. The van der Waals surface area contributed by atoms with Crippen molar-refractivity contribution in [1.29, 1.82) is 0 Å². The summed E-state index contributed by atoms with van der Waals surface area (Å²) < 4.78 is 24.8. The molecule has 18 heavy (non-hydrogen) atoms. The van der Waals surface area contributed by atoms with Gasteiger partial charge >= 0.3 is 0 Å². The highest BCUT2D eigenvalue weighted by Gasteiger charge is 2.26. The fourth-order valence-corrected chi connectivity index (χ4v) is 2.42. The molecule has 0 atom stereocenters. The Balaban J connectivity index is 1.88. The van der Waals surface area contributed by atoms with Gasteiger partial charge in [-0.1, -0.05) is 5.21 Å². The summed E-state index contributed by atoms with van der Waals surface area (Å²) in [6, 6.07) is 0. The Kier molecular flexibility index (Phi) is 3.59. The summed E-state index contributed by atoms with van der Waals surface area (Å²) in [4.78, 5) is 13.4. The minimum Gasteiger partial charge on any atom is -0.338 e. The SMILES string of the molecule is NS(=O)(=O)N1CCN(C(=O)Cn2ccnn2)CC1. The molecule has 0 saturated carbocycles. The average Bonchev–Trinajstić information content (AvgIpc) is 2.81. The number of aromatic nitrogens is 3. The van der Waals surface area contributed by atoms with E-state index < -0.39 is 10.2 Å². The highest BCUT2D eigenvalue weighted by atomic mass is 32.2. The van der Waals surface area contributed by atoms with Gasteiger partial charge in [0.15, 0.2) is 0 Å². The molecule has 0 bridgehead atoms. The van der Waals surface area contributed by atoms with Crippen LogP contribution in [0.1, 0.15) is 0 Å². The predicted molar refractivity (Wildman–Crippen MR) is 61.3 cm³/mol. The minimum absolute atomic E-state index is 0.107. The first-order valence-electron chi connectivity index (χ1n) is 5.36. The van der Waals surface area contributed by atoms with Gasteiger partial charge in [-0.2, -0.15) is 12.7 Å². The predicted octanol–water partition coefficient (Wildman–Crippen LogP) is -2.37. The standard InChI is InChI=1S/C8H14N6O3S/c9-18(16,17)14-5-3-12(4-6-14)8(15)7-13-2-1-10-11-13/h1-2H,3-7H2,(H2,9,16,17). The van der Waals surface area contributed by atoms with Crippen LogP contribution >= 0.6 is 0 Å². The van der Waals surface area contributed by atoms with Gasteiger partial charge in [-0.25, -0.2) is 9.82 Å². The molecule has 1 aliphatic heterocycles. The van der Waals surface area contributed by atoms with Gasteiger partial charge in [-0.05, 0) is 0 Å². The van der Waals surface area contributed by atoms with Crippen molar-refractivity contribution in [1.82, 2.24) is 24.2 Å². The lowest BCUT2D eigenvalue weighted by Gasteiger charge is -2.32. The van der Waals surface area contributed by atoms with Crippen molar-refractivity contribution in [3.8, 4) is 0 Å². The van der Waals surface area contributed by atoms with Crippen LogP contribution in [-0.4, -0.2) is 64.7 Å². The summed E-state index contributed by atoms with van der Waals surface area (Å²) in [5.74, 6) is -0.116. The normalized spacial score (nSPS) is 17.9. The van der Waals surface area contributed by atoms with Crippen molar-refractivity contribution in [2.75, 3.05) is 26.2 Å². The van der Waals surface area contributed by atoms with Crippen LogP contribution < -0.4 is 5.14 Å². The number of amides is 1. The van der Waals surface area contributed by atoms with Crippen LogP contribution in [0.25, 0.3) is 0 Å². The van der Waals surface area contributed by atoms with Crippen LogP contribution in [0.4, 0.5) is 0 Å². The minimum atomic E-state index is -3.66. The number of nitrogens with two attached hydrogens (primary N) is 1. The Morgan fingerprint density at radius 1 is 1.28 bits per heavy atom. The average molecular weight is 274 g/mol. The number of piperazine rings is 1. The summed E-state index contributed by atoms with van der Waals surface area (Å²) in [5.41, 5.74) is 0. The third-order valence-corrected chi connectivity index (χ3v) is 3.81. The van der Waals surface area contributed by atoms with Gasteiger partial charge in [0.1, 0.15) is 6.54 Å². The third kappa shape index (κ3) is 3.03. The monoisotopic (exact) mass is 274 g/mol. The molecule has 1 saturated heterocycles. The first kappa shape index (κ1) is 12.9. The van der Waals surface area contributed by atoms with Gasteiger partial charge in [0.05, 0.1) is 6.20 Å². The van der Waals surface area contributed by atoms with E-state index in [0.29, 0.717) is 13.1 Å². The smallest absolute Gasteiger partial charge is 0.277 e. The molecule has 0 aromatic carbocycles. The molecule has 9 nitrogen and oxygen atoms in total. The quantitative estimate of drug-likeness (QED) is 0.661. The van der Waals surface area contributed by atoms with Crippen LogP contribution in [0.3, 0.4) is 0 Å². The van der Waals surface area contributed by atoms with Crippen molar-refractivity contribution in [3.05, 3.63) is 12.4 Å². The van der Waals surface area contributed by atoms with Gasteiger partial charge in [0.2, 0.25) is 5.91 Å². The van der Waals surface area contributed by atoms with Crippen LogP contribution in [0, 0.1) is 0 Å². The second kappa shape index (κ2) is 5.00. The Labute approximate surface area is 104 Å². The number of nitrogens with zero attached hydrogens (tertiary/aromatic N) is 5. The lowest BCUT2D eigenvalue weighted by Crippen LogP contribution is -2.52. The number of hydrogen-bond donors (Lipinski definition) is 1. The maximum absolute atomic E-state index is 11.9. The number of hydrogen-bond acceptors (Lipinski definition) is 5. The van der Waals surface area contributed by atoms with E-state index in [1.54, 1.807) is 11.1 Å². The number of carbonyl (C=O) groups is 1. The third-order valence-electron chi connectivity index (χ3n) is 2.72. The molecule has 1 aliphatic rings. The summed E-state index contributed by atoms with van der Waals surface area (Å²) in [6.45, 7) is 1.23. The highest BCUT2D eigenvalue weighted by Crippen LogP contribution is 2.05. The van der Waals surface area contributed by atoms with E-state index in [0.717, 1.165) is 4.31 Å². The molecule has 2 N–H and O–H groups in total. The van der Waals surface area contributed by atoms with Gasteiger partial charge < -0.3 is 4.90 Å². The molecule has 0 unspecified atom stereocenters. The van der Waals surface area contributed by atoms with E-state index in [9.17, 15) is 13.2 Å². The fourth-order valence-electron chi connectivity index (χ4n) is 1.75. The summed E-state index contributed by atoms with van der Waals surface area (Å²) in [7, 11) is -3.66. The van der Waals surface area contributed by atoms with Gasteiger partial charge in [-0.15, -0.1) is 5.10 Å². The van der Waals surface area contributed by atoms with Gasteiger partial charge in [-0.3, -0.25) is 4.79 Å². The maximum atomic E-state index is 11.9. The fraction of sp³-hybridized carbons (Fsp3) is 0.625. The molecular formula is C8H14N6O3S. The van der Waals surface area contributed by atoms with Crippen molar-refractivity contribution < 1.29 is 13.2 Å². The summed E-state index contributed by atoms with van der Waals surface area (Å²) >= 11 is 0. The molecule has 1 aromatic rings. The van der Waals surface area contributed by atoms with E-state index >= 15 is 0 Å². The van der Waals surface area contributed by atoms with Crippen molar-refractivity contribution in [3.63, 3.8) is 0 Å². The first-order chi connectivity index (χ1) is 8.47. The van der Waals surface area contributed by atoms with Crippen molar-refractivity contribution >= 4 is 16.1 Å². The lowest BCUT2D eigenvalue weighted by molar-refractivity contribution is -0.133. The summed E-state index contributed by atoms with van der Waals surface area (Å²) in [5, 5.41) is 12.3. The molecule has 1 fully saturated rings. The topological polar surface area (TPSA) is 114 Å². The number of rotatable bonds is 3. The highest BCUT2D eigenvalue weighted by molar-refractivity contribution is 7.86. The number of carbonyl (C=O) groups excluding carboxylic acids is 1. The van der Waals surface area contributed by atoms with Crippen LogP contribution in [0.5, 0.6) is 0 Å². The van der Waals surface area contributed by atoms with Gasteiger partial charge in [0.25, 0.3) is 10.2 Å². The van der Waals surface area contributed by atoms with Crippen LogP contribution in [0.15, 0.2) is 12.4 Å². The van der Waals surface area contributed by atoms with E-state index in [-0.39, 0.29) is 25.5 Å². The second-order valence-corrected chi connectivity index (χ2v) is 5.47. The van der Waals surface area contributed by atoms with E-state index in [1.165, 1.54) is 10.9 Å². The molecule has 0 spiro atoms.